The van der Waals surface area contributed by atoms with Crippen molar-refractivity contribution in [3.05, 3.63) is 5.82 Å². The predicted molar refractivity (Wildman–Crippen MR) is 97.4 cm³/mol. The van der Waals surface area contributed by atoms with Crippen LogP contribution in [0.5, 0.6) is 0 Å². The molecule has 25 heavy (non-hydrogen) atoms. The Balaban J connectivity index is 1.66. The lowest BCUT2D eigenvalue weighted by molar-refractivity contribution is -0.130. The van der Waals surface area contributed by atoms with E-state index in [1.807, 2.05) is 20.8 Å². The van der Waals surface area contributed by atoms with Crippen LogP contribution in [0.25, 0.3) is 0 Å². The van der Waals surface area contributed by atoms with E-state index in [4.69, 9.17) is 0 Å². The van der Waals surface area contributed by atoms with Crippen LogP contribution in [0.2, 0.25) is 0 Å². The van der Waals surface area contributed by atoms with Crippen LogP contribution in [-0.2, 0) is 14.6 Å². The zero-order valence-corrected chi connectivity index (χ0v) is 16.6. The summed E-state index contributed by atoms with van der Waals surface area (Å²) in [4.78, 5) is 14.6. The predicted octanol–water partition coefficient (Wildman–Crippen LogP) is 1.69. The summed E-state index contributed by atoms with van der Waals surface area (Å²) in [5.41, 5.74) is 0. The first-order valence-corrected chi connectivity index (χ1v) is 11.6. The van der Waals surface area contributed by atoms with Gasteiger partial charge in [0.25, 0.3) is 0 Å². The van der Waals surface area contributed by atoms with E-state index in [0.29, 0.717) is 24.9 Å². The van der Waals surface area contributed by atoms with E-state index in [1.165, 1.54) is 11.8 Å². The van der Waals surface area contributed by atoms with Crippen LogP contribution in [-0.4, -0.2) is 63.8 Å². The van der Waals surface area contributed by atoms with E-state index < -0.39 is 9.84 Å². The maximum atomic E-state index is 12.8. The monoisotopic (exact) mass is 386 g/mol. The van der Waals surface area contributed by atoms with E-state index >= 15 is 0 Å². The van der Waals surface area contributed by atoms with Gasteiger partial charge in [-0.2, -0.15) is 0 Å². The first kappa shape index (κ1) is 18.7. The molecular weight excluding hydrogens is 360 g/mol. The van der Waals surface area contributed by atoms with Crippen molar-refractivity contribution < 1.29 is 13.2 Å². The highest BCUT2D eigenvalue weighted by atomic mass is 32.2. The van der Waals surface area contributed by atoms with Crippen molar-refractivity contribution in [2.45, 2.75) is 57.3 Å². The highest BCUT2D eigenvalue weighted by Gasteiger charge is 2.35. The molecule has 1 atom stereocenters. The van der Waals surface area contributed by atoms with E-state index in [-0.39, 0.29) is 29.2 Å². The van der Waals surface area contributed by atoms with Crippen LogP contribution in [0, 0.1) is 12.8 Å². The molecular formula is C16H26N4O3S2. The average molecular weight is 387 g/mol. The van der Waals surface area contributed by atoms with Gasteiger partial charge in [0.1, 0.15) is 5.82 Å². The van der Waals surface area contributed by atoms with Gasteiger partial charge in [0.2, 0.25) is 5.91 Å². The number of rotatable bonds is 7. The Bertz CT molecular complexity index is 741. The largest absolute Gasteiger partial charge is 0.338 e. The minimum absolute atomic E-state index is 0.0104. The number of sulfone groups is 1. The minimum Gasteiger partial charge on any atom is -0.338 e. The maximum Gasteiger partial charge on any atom is 0.233 e. The molecule has 1 aliphatic carbocycles. The number of nitrogens with zero attached hydrogens (tertiary/aromatic N) is 4. The van der Waals surface area contributed by atoms with Crippen molar-refractivity contribution in [3.63, 3.8) is 0 Å². The molecule has 0 radical (unpaired) electrons. The normalized spacial score (nSPS) is 22.5. The lowest BCUT2D eigenvalue weighted by Crippen LogP contribution is -2.44. The summed E-state index contributed by atoms with van der Waals surface area (Å²) in [5.74, 6) is 1.72. The summed E-state index contributed by atoms with van der Waals surface area (Å²) in [6.07, 6.45) is 2.82. The fourth-order valence-corrected chi connectivity index (χ4v) is 5.95. The lowest BCUT2D eigenvalue weighted by atomic mass is 10.1. The standard InChI is InChI=1S/C16H26N4O3S2/c1-11(2)8-19(14-6-7-25(22,23)10-14)15(21)9-24-16-18-17-12(3)20(16)13-4-5-13/h11,13-14H,4-10H2,1-3H3/t14-/m1/s1. The number of carbonyl (C=O) groups excluding carboxylic acids is 1. The van der Waals surface area contributed by atoms with Crippen molar-refractivity contribution in [2.24, 2.45) is 5.92 Å². The Labute approximate surface area is 153 Å². The van der Waals surface area contributed by atoms with Gasteiger partial charge in [-0.1, -0.05) is 25.6 Å². The van der Waals surface area contributed by atoms with Gasteiger partial charge in [0, 0.05) is 18.6 Å². The SMILES string of the molecule is Cc1nnc(SCC(=O)N(CC(C)C)[C@@H]2CCS(=O)(=O)C2)n1C1CC1. The molecule has 0 aromatic carbocycles. The third-order valence-corrected chi connectivity index (χ3v) is 7.28. The van der Waals surface area contributed by atoms with Crippen molar-refractivity contribution in [1.82, 2.24) is 19.7 Å². The molecule has 2 fully saturated rings. The molecule has 0 bridgehead atoms. The molecule has 2 heterocycles. The van der Waals surface area contributed by atoms with Gasteiger partial charge in [-0.05, 0) is 32.1 Å². The topological polar surface area (TPSA) is 85.2 Å². The smallest absolute Gasteiger partial charge is 0.233 e. The molecule has 1 aromatic rings. The van der Waals surface area contributed by atoms with E-state index in [0.717, 1.165) is 23.8 Å². The maximum absolute atomic E-state index is 12.8. The second-order valence-electron chi connectivity index (χ2n) is 7.42. The third kappa shape index (κ3) is 4.55. The number of aryl methyl sites for hydroxylation is 1. The molecule has 1 amide bonds. The number of thioether (sulfide) groups is 1. The molecule has 1 aromatic heterocycles. The molecule has 1 saturated heterocycles. The summed E-state index contributed by atoms with van der Waals surface area (Å²) in [5, 5.41) is 9.12. The zero-order chi connectivity index (χ0) is 18.2. The fraction of sp³-hybridized carbons (Fsp3) is 0.812. The van der Waals surface area contributed by atoms with Crippen LogP contribution < -0.4 is 0 Å². The van der Waals surface area contributed by atoms with Gasteiger partial charge >= 0.3 is 0 Å². The molecule has 7 nitrogen and oxygen atoms in total. The molecule has 1 aliphatic heterocycles. The van der Waals surface area contributed by atoms with Crippen LogP contribution in [0.1, 0.15) is 45.0 Å². The molecule has 9 heteroatoms. The quantitative estimate of drug-likeness (QED) is 0.663. The Kier molecular flexibility index (Phi) is 5.43. The Morgan fingerprint density at radius 2 is 2.04 bits per heavy atom. The van der Waals surface area contributed by atoms with Crippen molar-refractivity contribution in [3.8, 4) is 0 Å². The first-order valence-electron chi connectivity index (χ1n) is 8.81. The van der Waals surface area contributed by atoms with Crippen molar-refractivity contribution in [2.75, 3.05) is 23.8 Å². The van der Waals surface area contributed by atoms with E-state index in [9.17, 15) is 13.2 Å². The molecule has 2 aliphatic rings. The lowest BCUT2D eigenvalue weighted by Gasteiger charge is -2.29. The van der Waals surface area contributed by atoms with Gasteiger partial charge in [0.05, 0.1) is 17.3 Å². The van der Waals surface area contributed by atoms with Crippen LogP contribution in [0.4, 0.5) is 0 Å². The molecule has 0 spiro atoms. The first-order chi connectivity index (χ1) is 11.8. The van der Waals surface area contributed by atoms with Crippen LogP contribution >= 0.6 is 11.8 Å². The van der Waals surface area contributed by atoms with Gasteiger partial charge in [-0.15, -0.1) is 10.2 Å². The number of amides is 1. The minimum atomic E-state index is -3.01. The molecule has 3 rings (SSSR count). The van der Waals surface area contributed by atoms with E-state index in [2.05, 4.69) is 14.8 Å². The Morgan fingerprint density at radius 3 is 2.60 bits per heavy atom. The summed E-state index contributed by atoms with van der Waals surface area (Å²) < 4.78 is 25.7. The van der Waals surface area contributed by atoms with Crippen molar-refractivity contribution >= 4 is 27.5 Å². The highest BCUT2D eigenvalue weighted by molar-refractivity contribution is 7.99. The highest BCUT2D eigenvalue weighted by Crippen LogP contribution is 2.38. The Hall–Kier alpha value is -1.09. The number of hydrogen-bond acceptors (Lipinski definition) is 6. The number of carbonyl (C=O) groups is 1. The van der Waals surface area contributed by atoms with Gasteiger partial charge in [-0.25, -0.2) is 8.42 Å². The molecule has 1 saturated carbocycles. The fourth-order valence-electron chi connectivity index (χ4n) is 3.28. The van der Waals surface area contributed by atoms with Gasteiger partial charge < -0.3 is 9.47 Å². The summed E-state index contributed by atoms with van der Waals surface area (Å²) in [6.45, 7) is 6.62. The van der Waals surface area contributed by atoms with Gasteiger partial charge in [0.15, 0.2) is 15.0 Å². The summed E-state index contributed by atoms with van der Waals surface area (Å²) in [6, 6.07) is 0.280. The van der Waals surface area contributed by atoms with Crippen molar-refractivity contribution in [1.29, 1.82) is 0 Å². The molecule has 0 unspecified atom stereocenters. The third-order valence-electron chi connectivity index (χ3n) is 4.60. The average Bonchev–Trinajstić information content (AvgIpc) is 3.20. The van der Waals surface area contributed by atoms with E-state index in [1.54, 1.807) is 4.90 Å². The number of aromatic nitrogens is 3. The summed E-state index contributed by atoms with van der Waals surface area (Å²) >= 11 is 1.41. The van der Waals surface area contributed by atoms with Crippen LogP contribution in [0.3, 0.4) is 0 Å². The summed E-state index contributed by atoms with van der Waals surface area (Å²) in [7, 11) is -3.01. The zero-order valence-electron chi connectivity index (χ0n) is 15.0. The molecule has 0 N–H and O–H groups in total. The van der Waals surface area contributed by atoms with Gasteiger partial charge in [-0.3, -0.25) is 4.79 Å². The second-order valence-corrected chi connectivity index (χ2v) is 10.6. The number of hydrogen-bond donors (Lipinski definition) is 0. The van der Waals surface area contributed by atoms with Crippen LogP contribution in [0.15, 0.2) is 5.16 Å². The Morgan fingerprint density at radius 1 is 1.32 bits per heavy atom. The second kappa shape index (κ2) is 7.26. The molecule has 140 valence electrons.